The maximum atomic E-state index is 14.3. The van der Waals surface area contributed by atoms with E-state index in [0.717, 1.165) is 17.4 Å². The predicted octanol–water partition coefficient (Wildman–Crippen LogP) is 5.76. The van der Waals surface area contributed by atoms with Gasteiger partial charge < -0.3 is 19.8 Å². The summed E-state index contributed by atoms with van der Waals surface area (Å²) in [5, 5.41) is 6.76. The highest BCUT2D eigenvalue weighted by Crippen LogP contribution is 2.26. The average molecular weight is 420 g/mol. The number of hydrogen-bond acceptors (Lipinski definition) is 7. The van der Waals surface area contributed by atoms with E-state index < -0.39 is 11.8 Å². The predicted molar refractivity (Wildman–Crippen MR) is 117 cm³/mol. The zero-order valence-electron chi connectivity index (χ0n) is 17.3. The third-order valence-electron chi connectivity index (χ3n) is 4.72. The van der Waals surface area contributed by atoms with Crippen molar-refractivity contribution in [2.75, 3.05) is 17.7 Å². The SMILES string of the molecule is COC(=O)c1cc2cc(Nc3ncc(F)c(Nc4cccc(C(C)C)c4)n3)ccc2o1. The van der Waals surface area contributed by atoms with Crippen LogP contribution in [-0.4, -0.2) is 23.0 Å². The Morgan fingerprint density at radius 1 is 1.10 bits per heavy atom. The van der Waals surface area contributed by atoms with Gasteiger partial charge in [-0.05, 0) is 47.9 Å². The lowest BCUT2D eigenvalue weighted by atomic mass is 10.0. The van der Waals surface area contributed by atoms with Gasteiger partial charge >= 0.3 is 5.97 Å². The summed E-state index contributed by atoms with van der Waals surface area (Å²) >= 11 is 0. The molecule has 0 spiro atoms. The molecule has 31 heavy (non-hydrogen) atoms. The van der Waals surface area contributed by atoms with Crippen molar-refractivity contribution in [1.29, 1.82) is 0 Å². The molecular weight excluding hydrogens is 399 g/mol. The Bertz CT molecular complexity index is 1250. The minimum absolute atomic E-state index is 0.0655. The third kappa shape index (κ3) is 4.48. The van der Waals surface area contributed by atoms with E-state index in [2.05, 4.69) is 39.2 Å². The molecule has 0 unspecified atom stereocenters. The summed E-state index contributed by atoms with van der Waals surface area (Å²) in [6.07, 6.45) is 1.11. The van der Waals surface area contributed by atoms with E-state index in [1.54, 1.807) is 24.3 Å². The highest BCUT2D eigenvalue weighted by Gasteiger charge is 2.13. The lowest BCUT2D eigenvalue weighted by molar-refractivity contribution is 0.0567. The van der Waals surface area contributed by atoms with Gasteiger partial charge in [-0.25, -0.2) is 14.2 Å². The molecule has 0 aliphatic heterocycles. The van der Waals surface area contributed by atoms with Crippen molar-refractivity contribution in [3.05, 3.63) is 71.9 Å². The fraction of sp³-hybridized carbons (Fsp3) is 0.174. The van der Waals surface area contributed by atoms with E-state index in [0.29, 0.717) is 22.6 Å². The molecule has 7 nitrogen and oxygen atoms in total. The van der Waals surface area contributed by atoms with Crippen LogP contribution in [0.2, 0.25) is 0 Å². The first-order valence-electron chi connectivity index (χ1n) is 9.71. The number of aromatic nitrogens is 2. The van der Waals surface area contributed by atoms with Crippen LogP contribution in [0.3, 0.4) is 0 Å². The molecule has 4 rings (SSSR count). The minimum Gasteiger partial charge on any atom is -0.463 e. The van der Waals surface area contributed by atoms with Crippen molar-refractivity contribution in [3.63, 3.8) is 0 Å². The highest BCUT2D eigenvalue weighted by atomic mass is 19.1. The number of carbonyl (C=O) groups is 1. The monoisotopic (exact) mass is 420 g/mol. The van der Waals surface area contributed by atoms with Crippen LogP contribution in [0.5, 0.6) is 0 Å². The fourth-order valence-electron chi connectivity index (χ4n) is 3.08. The summed E-state index contributed by atoms with van der Waals surface area (Å²) in [6.45, 7) is 4.19. The Kier molecular flexibility index (Phi) is 5.53. The van der Waals surface area contributed by atoms with Crippen LogP contribution in [0.4, 0.5) is 27.5 Å². The van der Waals surface area contributed by atoms with Crippen LogP contribution < -0.4 is 10.6 Å². The number of furan rings is 1. The van der Waals surface area contributed by atoms with Gasteiger partial charge in [0.2, 0.25) is 11.7 Å². The average Bonchev–Trinajstić information content (AvgIpc) is 3.19. The molecule has 0 saturated heterocycles. The van der Waals surface area contributed by atoms with Crippen LogP contribution in [-0.2, 0) is 4.74 Å². The first-order chi connectivity index (χ1) is 14.9. The molecule has 0 atom stereocenters. The number of nitrogens with one attached hydrogen (secondary N) is 2. The Hall–Kier alpha value is -3.94. The summed E-state index contributed by atoms with van der Waals surface area (Å²) in [7, 11) is 1.29. The molecule has 0 amide bonds. The van der Waals surface area contributed by atoms with Gasteiger partial charge in [0.25, 0.3) is 0 Å². The number of methoxy groups -OCH3 is 1. The number of benzene rings is 2. The topological polar surface area (TPSA) is 89.3 Å². The van der Waals surface area contributed by atoms with E-state index in [1.165, 1.54) is 7.11 Å². The molecule has 2 N–H and O–H groups in total. The first kappa shape index (κ1) is 20.3. The van der Waals surface area contributed by atoms with Crippen molar-refractivity contribution >= 4 is 40.1 Å². The molecule has 0 aliphatic rings. The van der Waals surface area contributed by atoms with Crippen molar-refractivity contribution < 1.29 is 18.3 Å². The summed E-state index contributed by atoms with van der Waals surface area (Å²) in [4.78, 5) is 19.9. The van der Waals surface area contributed by atoms with Gasteiger partial charge in [0.15, 0.2) is 11.6 Å². The number of hydrogen-bond donors (Lipinski definition) is 2. The maximum absolute atomic E-state index is 14.3. The van der Waals surface area contributed by atoms with Crippen LogP contribution in [0.1, 0.15) is 35.9 Å². The highest BCUT2D eigenvalue weighted by molar-refractivity contribution is 5.93. The molecule has 0 radical (unpaired) electrons. The number of esters is 1. The van der Waals surface area contributed by atoms with Gasteiger partial charge in [-0.1, -0.05) is 26.0 Å². The molecule has 0 aliphatic carbocycles. The Morgan fingerprint density at radius 3 is 2.68 bits per heavy atom. The van der Waals surface area contributed by atoms with Gasteiger partial charge in [0.1, 0.15) is 5.58 Å². The van der Waals surface area contributed by atoms with Crippen molar-refractivity contribution in [1.82, 2.24) is 9.97 Å². The van der Waals surface area contributed by atoms with Crippen LogP contribution in [0.25, 0.3) is 11.0 Å². The van der Waals surface area contributed by atoms with Gasteiger partial charge in [-0.15, -0.1) is 0 Å². The molecule has 4 aromatic rings. The summed E-state index contributed by atoms with van der Waals surface area (Å²) < 4.78 is 24.4. The largest absolute Gasteiger partial charge is 0.463 e. The lowest BCUT2D eigenvalue weighted by Crippen LogP contribution is -2.03. The van der Waals surface area contributed by atoms with Crippen molar-refractivity contribution in [2.45, 2.75) is 19.8 Å². The second-order valence-electron chi connectivity index (χ2n) is 7.28. The molecule has 0 saturated carbocycles. The number of fused-ring (bicyclic) bond motifs is 1. The quantitative estimate of drug-likeness (QED) is 0.383. The van der Waals surface area contributed by atoms with Crippen molar-refractivity contribution in [2.24, 2.45) is 0 Å². The van der Waals surface area contributed by atoms with Gasteiger partial charge in [-0.2, -0.15) is 4.98 Å². The molecule has 2 aromatic heterocycles. The zero-order valence-corrected chi connectivity index (χ0v) is 17.3. The summed E-state index contributed by atoms with van der Waals surface area (Å²) in [5.41, 5.74) is 3.07. The summed E-state index contributed by atoms with van der Waals surface area (Å²) in [6, 6.07) is 14.6. The number of nitrogens with zero attached hydrogens (tertiary/aromatic N) is 2. The second kappa shape index (κ2) is 8.43. The molecule has 8 heteroatoms. The Labute approximate surface area is 178 Å². The maximum Gasteiger partial charge on any atom is 0.373 e. The third-order valence-corrected chi connectivity index (χ3v) is 4.72. The van der Waals surface area contributed by atoms with E-state index in [1.807, 2.05) is 24.3 Å². The van der Waals surface area contributed by atoms with Crippen LogP contribution in [0, 0.1) is 5.82 Å². The van der Waals surface area contributed by atoms with E-state index in [4.69, 9.17) is 4.42 Å². The number of ether oxygens (including phenoxy) is 1. The molecule has 0 fully saturated rings. The van der Waals surface area contributed by atoms with Crippen LogP contribution >= 0.6 is 0 Å². The normalized spacial score (nSPS) is 11.0. The second-order valence-corrected chi connectivity index (χ2v) is 7.28. The first-order valence-corrected chi connectivity index (χ1v) is 9.71. The molecule has 0 bridgehead atoms. The number of carbonyl (C=O) groups excluding carboxylic acids is 1. The number of halogens is 1. The molecule has 158 valence electrons. The van der Waals surface area contributed by atoms with E-state index in [-0.39, 0.29) is 17.5 Å². The van der Waals surface area contributed by atoms with E-state index >= 15 is 0 Å². The fourth-order valence-corrected chi connectivity index (χ4v) is 3.08. The molecule has 2 heterocycles. The Morgan fingerprint density at radius 2 is 1.90 bits per heavy atom. The van der Waals surface area contributed by atoms with Gasteiger partial charge in [0.05, 0.1) is 13.3 Å². The standard InChI is InChI=1S/C23H21FN4O3/c1-13(2)14-5-4-6-16(9-14)26-21-18(24)12-25-23(28-21)27-17-7-8-19-15(10-17)11-20(31-19)22(29)30-3/h4-13H,1-3H3,(H2,25,26,27,28). The van der Waals surface area contributed by atoms with Gasteiger partial charge in [0, 0.05) is 16.8 Å². The smallest absolute Gasteiger partial charge is 0.373 e. The lowest BCUT2D eigenvalue weighted by Gasteiger charge is -2.11. The molecule has 2 aromatic carbocycles. The van der Waals surface area contributed by atoms with Gasteiger partial charge in [-0.3, -0.25) is 0 Å². The minimum atomic E-state index is -0.562. The van der Waals surface area contributed by atoms with Crippen LogP contribution in [0.15, 0.2) is 59.1 Å². The summed E-state index contributed by atoms with van der Waals surface area (Å²) in [5.74, 6) is -0.358. The van der Waals surface area contributed by atoms with Crippen molar-refractivity contribution in [3.8, 4) is 0 Å². The molecular formula is C23H21FN4O3. The Balaban J connectivity index is 1.57. The van der Waals surface area contributed by atoms with E-state index in [9.17, 15) is 9.18 Å². The number of rotatable bonds is 6. The number of anilines is 4. The zero-order chi connectivity index (χ0) is 22.0.